The van der Waals surface area contributed by atoms with Gasteiger partial charge in [-0.05, 0) is 54.2 Å². The highest BCUT2D eigenvalue weighted by Crippen LogP contribution is 2.23. The molecular formula is C25H26N4O2S. The first-order valence-electron chi connectivity index (χ1n) is 10.7. The SMILES string of the molecule is C=CCCN1C(=O)C(CC(=O)Nc2ccc3cc[nH]c3c2)N(CCc2ccccc2)C1=S. The molecule has 1 saturated heterocycles. The zero-order valence-corrected chi connectivity index (χ0v) is 18.6. The molecule has 2 aromatic carbocycles. The lowest BCUT2D eigenvalue weighted by Crippen LogP contribution is -2.39. The summed E-state index contributed by atoms with van der Waals surface area (Å²) in [5, 5.41) is 4.48. The molecule has 2 amide bonds. The number of rotatable bonds is 9. The minimum Gasteiger partial charge on any atom is -0.361 e. The number of hydrogen-bond donors (Lipinski definition) is 2. The number of benzene rings is 2. The van der Waals surface area contributed by atoms with E-state index in [1.54, 1.807) is 11.0 Å². The minimum atomic E-state index is -0.606. The Morgan fingerprint density at radius 3 is 2.75 bits per heavy atom. The van der Waals surface area contributed by atoms with Gasteiger partial charge in [0.1, 0.15) is 6.04 Å². The zero-order valence-electron chi connectivity index (χ0n) is 17.8. The molecule has 3 aromatic rings. The summed E-state index contributed by atoms with van der Waals surface area (Å²) in [6, 6.07) is 17.1. The van der Waals surface area contributed by atoms with Gasteiger partial charge in [0.2, 0.25) is 5.91 Å². The molecule has 1 aromatic heterocycles. The number of fused-ring (bicyclic) bond motifs is 1. The molecule has 0 spiro atoms. The van der Waals surface area contributed by atoms with Gasteiger partial charge in [0.05, 0.1) is 6.42 Å². The fourth-order valence-electron chi connectivity index (χ4n) is 3.98. The summed E-state index contributed by atoms with van der Waals surface area (Å²) in [6.07, 6.45) is 5.05. The Morgan fingerprint density at radius 2 is 1.97 bits per heavy atom. The lowest BCUT2D eigenvalue weighted by atomic mass is 10.1. The van der Waals surface area contributed by atoms with E-state index in [0.29, 0.717) is 30.3 Å². The molecule has 164 valence electrons. The molecular weight excluding hydrogens is 420 g/mol. The number of carbonyl (C=O) groups excluding carboxylic acids is 2. The van der Waals surface area contributed by atoms with Crippen LogP contribution in [0.3, 0.4) is 0 Å². The van der Waals surface area contributed by atoms with Gasteiger partial charge in [-0.25, -0.2) is 0 Å². The lowest BCUT2D eigenvalue weighted by Gasteiger charge is -2.24. The van der Waals surface area contributed by atoms with E-state index in [0.717, 1.165) is 22.9 Å². The van der Waals surface area contributed by atoms with Crippen LogP contribution in [0.4, 0.5) is 5.69 Å². The van der Waals surface area contributed by atoms with E-state index in [-0.39, 0.29) is 18.2 Å². The van der Waals surface area contributed by atoms with Crippen LogP contribution >= 0.6 is 12.2 Å². The monoisotopic (exact) mass is 446 g/mol. The van der Waals surface area contributed by atoms with Gasteiger partial charge in [-0.15, -0.1) is 6.58 Å². The Hall–Kier alpha value is -3.45. The Kier molecular flexibility index (Phi) is 6.66. The number of hydrogen-bond acceptors (Lipinski definition) is 3. The fourth-order valence-corrected chi connectivity index (χ4v) is 4.38. The van der Waals surface area contributed by atoms with Crippen molar-refractivity contribution in [1.29, 1.82) is 0 Å². The van der Waals surface area contributed by atoms with E-state index in [9.17, 15) is 9.59 Å². The molecule has 2 heterocycles. The first-order chi connectivity index (χ1) is 15.6. The van der Waals surface area contributed by atoms with Crippen LogP contribution in [-0.2, 0) is 16.0 Å². The smallest absolute Gasteiger partial charge is 0.252 e. The molecule has 1 aliphatic heterocycles. The highest BCUT2D eigenvalue weighted by Gasteiger charge is 2.42. The van der Waals surface area contributed by atoms with Crippen molar-refractivity contribution in [3.05, 3.63) is 79.0 Å². The van der Waals surface area contributed by atoms with Crippen molar-refractivity contribution >= 4 is 45.7 Å². The molecule has 1 atom stereocenters. The van der Waals surface area contributed by atoms with Gasteiger partial charge in [0.25, 0.3) is 5.91 Å². The van der Waals surface area contributed by atoms with Crippen LogP contribution in [0, 0.1) is 0 Å². The highest BCUT2D eigenvalue weighted by atomic mass is 32.1. The van der Waals surface area contributed by atoms with E-state index in [2.05, 4.69) is 29.0 Å². The summed E-state index contributed by atoms with van der Waals surface area (Å²) < 4.78 is 0. The Bertz CT molecular complexity index is 1140. The minimum absolute atomic E-state index is 0.0428. The van der Waals surface area contributed by atoms with Crippen LogP contribution in [-0.4, -0.2) is 50.8 Å². The van der Waals surface area contributed by atoms with Gasteiger partial charge in [-0.1, -0.05) is 42.5 Å². The average Bonchev–Trinajstić information content (AvgIpc) is 3.34. The Labute approximate surface area is 192 Å². The van der Waals surface area contributed by atoms with Crippen LogP contribution in [0.1, 0.15) is 18.4 Å². The van der Waals surface area contributed by atoms with Gasteiger partial charge in [0.15, 0.2) is 5.11 Å². The van der Waals surface area contributed by atoms with Gasteiger partial charge >= 0.3 is 0 Å². The van der Waals surface area contributed by atoms with Crippen LogP contribution in [0.15, 0.2) is 73.4 Å². The number of amides is 2. The number of carbonyl (C=O) groups is 2. The third-order valence-corrected chi connectivity index (χ3v) is 6.12. The predicted molar refractivity (Wildman–Crippen MR) is 131 cm³/mol. The summed E-state index contributed by atoms with van der Waals surface area (Å²) in [4.78, 5) is 32.6. The Morgan fingerprint density at radius 1 is 1.16 bits per heavy atom. The normalized spacial score (nSPS) is 16.1. The first-order valence-corrected chi connectivity index (χ1v) is 11.1. The van der Waals surface area contributed by atoms with Crippen molar-refractivity contribution in [2.75, 3.05) is 18.4 Å². The van der Waals surface area contributed by atoms with Gasteiger partial charge in [-0.3, -0.25) is 14.5 Å². The van der Waals surface area contributed by atoms with Gasteiger partial charge in [0, 0.05) is 30.5 Å². The number of aromatic nitrogens is 1. The zero-order chi connectivity index (χ0) is 22.5. The van der Waals surface area contributed by atoms with Crippen molar-refractivity contribution in [2.24, 2.45) is 0 Å². The molecule has 1 fully saturated rings. The van der Waals surface area contributed by atoms with Gasteiger partial charge < -0.3 is 15.2 Å². The summed E-state index contributed by atoms with van der Waals surface area (Å²) in [6.45, 7) is 4.79. The number of anilines is 1. The summed E-state index contributed by atoms with van der Waals surface area (Å²) in [5.41, 5.74) is 2.80. The molecule has 1 aliphatic rings. The van der Waals surface area contributed by atoms with E-state index < -0.39 is 6.04 Å². The molecule has 6 nitrogen and oxygen atoms in total. The fraction of sp³-hybridized carbons (Fsp3) is 0.240. The van der Waals surface area contributed by atoms with Crippen molar-refractivity contribution in [2.45, 2.75) is 25.3 Å². The molecule has 0 aliphatic carbocycles. The number of nitrogens with one attached hydrogen (secondary N) is 2. The lowest BCUT2D eigenvalue weighted by molar-refractivity contribution is -0.130. The molecule has 0 radical (unpaired) electrons. The average molecular weight is 447 g/mol. The second-order valence-electron chi connectivity index (χ2n) is 7.83. The highest BCUT2D eigenvalue weighted by molar-refractivity contribution is 7.80. The molecule has 7 heteroatoms. The standard InChI is InChI=1S/C25H26N4O2S/c1-2-3-14-29-24(31)22(28(25(29)32)15-12-18-7-5-4-6-8-18)17-23(30)27-20-10-9-19-11-13-26-21(19)16-20/h2,4-11,13,16,22,26H,1,3,12,14-15,17H2,(H,27,30). The summed E-state index contributed by atoms with van der Waals surface area (Å²) in [7, 11) is 0. The van der Waals surface area contributed by atoms with Crippen molar-refractivity contribution in [3.63, 3.8) is 0 Å². The molecule has 0 bridgehead atoms. The molecule has 0 saturated carbocycles. The van der Waals surface area contributed by atoms with E-state index in [1.165, 1.54) is 0 Å². The topological polar surface area (TPSA) is 68.4 Å². The van der Waals surface area contributed by atoms with Crippen LogP contribution < -0.4 is 5.32 Å². The molecule has 4 rings (SSSR count). The number of thiocarbonyl (C=S) groups is 1. The summed E-state index contributed by atoms with van der Waals surface area (Å²) >= 11 is 5.63. The van der Waals surface area contributed by atoms with Crippen molar-refractivity contribution in [1.82, 2.24) is 14.8 Å². The molecule has 32 heavy (non-hydrogen) atoms. The van der Waals surface area contributed by atoms with Crippen molar-refractivity contribution in [3.8, 4) is 0 Å². The van der Waals surface area contributed by atoms with Crippen LogP contribution in [0.25, 0.3) is 10.9 Å². The van der Waals surface area contributed by atoms with Crippen LogP contribution in [0.5, 0.6) is 0 Å². The maximum absolute atomic E-state index is 13.1. The van der Waals surface area contributed by atoms with Crippen LogP contribution in [0.2, 0.25) is 0 Å². The second kappa shape index (κ2) is 9.78. The predicted octanol–water partition coefficient (Wildman–Crippen LogP) is 4.11. The first kappa shape index (κ1) is 21.8. The third-order valence-electron chi connectivity index (χ3n) is 5.66. The van der Waals surface area contributed by atoms with Gasteiger partial charge in [-0.2, -0.15) is 0 Å². The molecule has 1 unspecified atom stereocenters. The van der Waals surface area contributed by atoms with E-state index in [1.807, 2.05) is 53.6 Å². The quantitative estimate of drug-likeness (QED) is 0.383. The number of aromatic amines is 1. The summed E-state index contributed by atoms with van der Waals surface area (Å²) in [5.74, 6) is -0.341. The van der Waals surface area contributed by atoms with E-state index >= 15 is 0 Å². The third kappa shape index (κ3) is 4.73. The maximum atomic E-state index is 13.1. The molecule has 2 N–H and O–H groups in total. The largest absolute Gasteiger partial charge is 0.361 e. The maximum Gasteiger partial charge on any atom is 0.252 e. The number of nitrogens with zero attached hydrogens (tertiary/aromatic N) is 2. The number of H-pyrrole nitrogens is 1. The van der Waals surface area contributed by atoms with Crippen molar-refractivity contribution < 1.29 is 9.59 Å². The second-order valence-corrected chi connectivity index (χ2v) is 8.19. The Balaban J connectivity index is 1.47. The van der Waals surface area contributed by atoms with E-state index in [4.69, 9.17) is 12.2 Å².